The second-order valence-electron chi connectivity index (χ2n) is 3.69. The van der Waals surface area contributed by atoms with E-state index in [4.69, 9.17) is 46.4 Å². The third-order valence-corrected chi connectivity index (χ3v) is 3.73. The molecular formula is C13H7Cl4F. The Labute approximate surface area is 124 Å². The summed E-state index contributed by atoms with van der Waals surface area (Å²) >= 11 is 23.9. The second-order valence-corrected chi connectivity index (χ2v) is 5.41. The minimum Gasteiger partial charge on any atom is -0.207 e. The van der Waals surface area contributed by atoms with Crippen LogP contribution in [0.5, 0.6) is 0 Å². The van der Waals surface area contributed by atoms with Gasteiger partial charge in [-0.2, -0.15) is 0 Å². The van der Waals surface area contributed by atoms with Gasteiger partial charge in [0.05, 0.1) is 5.38 Å². The van der Waals surface area contributed by atoms with E-state index in [0.29, 0.717) is 20.6 Å². The Bertz CT molecular complexity index is 583. The van der Waals surface area contributed by atoms with E-state index in [1.54, 1.807) is 18.2 Å². The van der Waals surface area contributed by atoms with E-state index < -0.39 is 11.2 Å². The van der Waals surface area contributed by atoms with Crippen molar-refractivity contribution in [1.29, 1.82) is 0 Å². The summed E-state index contributed by atoms with van der Waals surface area (Å²) in [5.74, 6) is -0.426. The topological polar surface area (TPSA) is 0 Å². The lowest BCUT2D eigenvalue weighted by molar-refractivity contribution is 0.612. The number of halogens is 5. The first-order chi connectivity index (χ1) is 8.49. The third kappa shape index (κ3) is 2.92. The molecule has 2 aromatic carbocycles. The highest BCUT2D eigenvalue weighted by Crippen LogP contribution is 2.36. The molecule has 0 aliphatic heterocycles. The maximum absolute atomic E-state index is 13.7. The lowest BCUT2D eigenvalue weighted by atomic mass is 10.0. The van der Waals surface area contributed by atoms with Crippen molar-refractivity contribution in [2.24, 2.45) is 0 Å². The molecule has 0 aliphatic rings. The Balaban J connectivity index is 2.47. The summed E-state index contributed by atoms with van der Waals surface area (Å²) in [7, 11) is 0. The monoisotopic (exact) mass is 322 g/mol. The summed E-state index contributed by atoms with van der Waals surface area (Å²) < 4.78 is 13.7. The molecule has 1 atom stereocenters. The van der Waals surface area contributed by atoms with Gasteiger partial charge in [-0.1, -0.05) is 40.9 Å². The van der Waals surface area contributed by atoms with Gasteiger partial charge in [0.25, 0.3) is 0 Å². The smallest absolute Gasteiger partial charge is 0.128 e. The number of alkyl halides is 1. The molecule has 5 heteroatoms. The predicted octanol–water partition coefficient (Wildman–Crippen LogP) is 6.11. The van der Waals surface area contributed by atoms with Gasteiger partial charge in [-0.3, -0.25) is 0 Å². The highest BCUT2D eigenvalue weighted by Gasteiger charge is 2.18. The summed E-state index contributed by atoms with van der Waals surface area (Å²) in [5, 5.41) is 0.594. The Morgan fingerprint density at radius 2 is 1.44 bits per heavy atom. The fraction of sp³-hybridized carbons (Fsp3) is 0.0769. The molecule has 0 aliphatic carbocycles. The van der Waals surface area contributed by atoms with Crippen LogP contribution in [0.4, 0.5) is 4.39 Å². The van der Waals surface area contributed by atoms with Crippen LogP contribution in [0.3, 0.4) is 0 Å². The summed E-state index contributed by atoms with van der Waals surface area (Å²) in [6.07, 6.45) is 0. The normalized spacial score (nSPS) is 12.5. The van der Waals surface area contributed by atoms with E-state index in [0.717, 1.165) is 0 Å². The lowest BCUT2D eigenvalue weighted by Crippen LogP contribution is -1.98. The minimum absolute atomic E-state index is 0.286. The molecule has 0 fully saturated rings. The molecule has 2 rings (SSSR count). The first-order valence-corrected chi connectivity index (χ1v) is 6.60. The summed E-state index contributed by atoms with van der Waals surface area (Å²) in [4.78, 5) is 0. The number of hydrogen-bond acceptors (Lipinski definition) is 0. The van der Waals surface area contributed by atoms with Gasteiger partial charge in [-0.15, -0.1) is 11.6 Å². The summed E-state index contributed by atoms with van der Waals surface area (Å²) in [5.41, 5.74) is 0.872. The molecule has 0 spiro atoms. The highest BCUT2D eigenvalue weighted by molar-refractivity contribution is 6.36. The third-order valence-electron chi connectivity index (χ3n) is 2.47. The Hall–Kier alpha value is -0.470. The molecule has 0 nitrogen and oxygen atoms in total. The first-order valence-electron chi connectivity index (χ1n) is 5.03. The molecule has 0 saturated heterocycles. The van der Waals surface area contributed by atoms with Crippen molar-refractivity contribution in [3.63, 3.8) is 0 Å². The van der Waals surface area contributed by atoms with Crippen LogP contribution < -0.4 is 0 Å². The molecule has 2 aromatic rings. The van der Waals surface area contributed by atoms with Crippen LogP contribution >= 0.6 is 46.4 Å². The van der Waals surface area contributed by atoms with Crippen LogP contribution in [0.15, 0.2) is 36.4 Å². The molecule has 1 unspecified atom stereocenters. The molecule has 0 bridgehead atoms. The van der Waals surface area contributed by atoms with Gasteiger partial charge in [0.1, 0.15) is 5.82 Å². The SMILES string of the molecule is Fc1ccc(Cl)cc1C(Cl)c1ccc(Cl)cc1Cl. The zero-order valence-corrected chi connectivity index (χ0v) is 12.0. The molecular weight excluding hydrogens is 317 g/mol. The van der Waals surface area contributed by atoms with Gasteiger partial charge in [-0.05, 0) is 35.9 Å². The van der Waals surface area contributed by atoms with Gasteiger partial charge in [0, 0.05) is 20.6 Å². The fourth-order valence-corrected chi connectivity index (χ4v) is 2.69. The van der Waals surface area contributed by atoms with E-state index in [9.17, 15) is 4.39 Å². The van der Waals surface area contributed by atoms with Crippen LogP contribution in [-0.2, 0) is 0 Å². The molecule has 18 heavy (non-hydrogen) atoms. The Morgan fingerprint density at radius 1 is 0.833 bits per heavy atom. The molecule has 0 aromatic heterocycles. The zero-order valence-electron chi connectivity index (χ0n) is 8.93. The number of hydrogen-bond donors (Lipinski definition) is 0. The van der Waals surface area contributed by atoms with Crippen molar-refractivity contribution >= 4 is 46.4 Å². The van der Waals surface area contributed by atoms with Crippen molar-refractivity contribution in [1.82, 2.24) is 0 Å². The quantitative estimate of drug-likeness (QED) is 0.584. The standard InChI is InChI=1S/C13H7Cl4F/c14-7-2-4-12(18)10(5-7)13(17)9-3-1-8(15)6-11(9)16/h1-6,13H. The Morgan fingerprint density at radius 3 is 2.11 bits per heavy atom. The number of rotatable bonds is 2. The van der Waals surface area contributed by atoms with Gasteiger partial charge in [-0.25, -0.2) is 4.39 Å². The molecule has 0 N–H and O–H groups in total. The molecule has 0 amide bonds. The van der Waals surface area contributed by atoms with Crippen LogP contribution in [0, 0.1) is 5.82 Å². The van der Waals surface area contributed by atoms with E-state index in [2.05, 4.69) is 0 Å². The van der Waals surface area contributed by atoms with Crippen LogP contribution in [-0.4, -0.2) is 0 Å². The summed E-state index contributed by atoms with van der Waals surface area (Å²) in [6.45, 7) is 0. The van der Waals surface area contributed by atoms with Crippen molar-refractivity contribution < 1.29 is 4.39 Å². The maximum Gasteiger partial charge on any atom is 0.128 e. The maximum atomic E-state index is 13.7. The van der Waals surface area contributed by atoms with Gasteiger partial charge in [0.15, 0.2) is 0 Å². The van der Waals surface area contributed by atoms with Gasteiger partial charge in [0.2, 0.25) is 0 Å². The van der Waals surface area contributed by atoms with Crippen LogP contribution in [0.25, 0.3) is 0 Å². The lowest BCUT2D eigenvalue weighted by Gasteiger charge is -2.13. The van der Waals surface area contributed by atoms with Gasteiger partial charge < -0.3 is 0 Å². The minimum atomic E-state index is -0.714. The average molecular weight is 324 g/mol. The molecule has 0 heterocycles. The molecule has 0 saturated carbocycles. The average Bonchev–Trinajstić information content (AvgIpc) is 2.31. The number of benzene rings is 2. The van der Waals surface area contributed by atoms with E-state index >= 15 is 0 Å². The second kappa shape index (κ2) is 5.66. The van der Waals surface area contributed by atoms with Crippen molar-refractivity contribution in [3.05, 3.63) is 68.4 Å². The molecule has 0 radical (unpaired) electrons. The van der Waals surface area contributed by atoms with Crippen LogP contribution in [0.1, 0.15) is 16.5 Å². The highest BCUT2D eigenvalue weighted by atomic mass is 35.5. The van der Waals surface area contributed by atoms with Crippen LogP contribution in [0.2, 0.25) is 15.1 Å². The Kier molecular flexibility index (Phi) is 4.39. The van der Waals surface area contributed by atoms with Crippen molar-refractivity contribution in [2.75, 3.05) is 0 Å². The fourth-order valence-electron chi connectivity index (χ4n) is 1.58. The van der Waals surface area contributed by atoms with E-state index in [-0.39, 0.29) is 5.56 Å². The van der Waals surface area contributed by atoms with Gasteiger partial charge >= 0.3 is 0 Å². The zero-order chi connectivity index (χ0) is 13.3. The van der Waals surface area contributed by atoms with E-state index in [1.165, 1.54) is 18.2 Å². The van der Waals surface area contributed by atoms with E-state index in [1.807, 2.05) is 0 Å². The molecule has 94 valence electrons. The summed E-state index contributed by atoms with van der Waals surface area (Å²) in [6, 6.07) is 9.11. The van der Waals surface area contributed by atoms with Crippen molar-refractivity contribution in [3.8, 4) is 0 Å². The predicted molar refractivity (Wildman–Crippen MR) is 75.6 cm³/mol. The van der Waals surface area contributed by atoms with Crippen molar-refractivity contribution in [2.45, 2.75) is 5.38 Å². The largest absolute Gasteiger partial charge is 0.207 e. The first kappa shape index (κ1) is 14.0.